The Kier molecular flexibility index (Phi) is 5.29. The first-order chi connectivity index (χ1) is 11.3. The van der Waals surface area contributed by atoms with Crippen molar-refractivity contribution < 1.29 is 9.53 Å². The fourth-order valence-electron chi connectivity index (χ4n) is 2.48. The molecular formula is C17H20N4O2. The molecule has 2 aromatic rings. The van der Waals surface area contributed by atoms with Crippen LogP contribution >= 0.6 is 0 Å². The molecule has 6 heteroatoms. The molecule has 0 aliphatic carbocycles. The van der Waals surface area contributed by atoms with E-state index in [4.69, 9.17) is 4.74 Å². The average molecular weight is 312 g/mol. The summed E-state index contributed by atoms with van der Waals surface area (Å²) in [6, 6.07) is 9.12. The smallest absolute Gasteiger partial charge is 0.251 e. The van der Waals surface area contributed by atoms with Gasteiger partial charge in [-0.3, -0.25) is 19.7 Å². The Morgan fingerprint density at radius 2 is 1.96 bits per heavy atom. The fraction of sp³-hybridized carbons (Fsp3) is 0.353. The SMILES string of the molecule is O=C(NCCN1CCOCC1)c1ccnc(-c2ccccn2)c1. The summed E-state index contributed by atoms with van der Waals surface area (Å²) in [7, 11) is 0. The standard InChI is InChI=1S/C17H20N4O2/c22-17(20-7-8-21-9-11-23-12-10-21)14-4-6-19-16(13-14)15-3-1-2-5-18-15/h1-6,13H,7-12H2,(H,20,22). The van der Waals surface area contributed by atoms with Crippen molar-refractivity contribution in [1.29, 1.82) is 0 Å². The molecule has 1 N–H and O–H groups in total. The number of ether oxygens (including phenoxy) is 1. The van der Waals surface area contributed by atoms with Gasteiger partial charge >= 0.3 is 0 Å². The van der Waals surface area contributed by atoms with E-state index in [-0.39, 0.29) is 5.91 Å². The van der Waals surface area contributed by atoms with Crippen LogP contribution in [0.2, 0.25) is 0 Å². The highest BCUT2D eigenvalue weighted by Gasteiger charge is 2.11. The Labute approximate surface area is 135 Å². The molecule has 0 radical (unpaired) electrons. The number of carbonyl (C=O) groups is 1. The second-order valence-electron chi connectivity index (χ2n) is 5.35. The number of aromatic nitrogens is 2. The van der Waals surface area contributed by atoms with Crippen LogP contribution in [0.1, 0.15) is 10.4 Å². The number of rotatable bonds is 5. The van der Waals surface area contributed by atoms with E-state index in [1.165, 1.54) is 0 Å². The van der Waals surface area contributed by atoms with E-state index in [1.54, 1.807) is 24.5 Å². The van der Waals surface area contributed by atoms with Crippen molar-refractivity contribution in [2.24, 2.45) is 0 Å². The van der Waals surface area contributed by atoms with Gasteiger partial charge in [0.1, 0.15) is 0 Å². The van der Waals surface area contributed by atoms with Gasteiger partial charge in [0.2, 0.25) is 0 Å². The Balaban J connectivity index is 1.57. The van der Waals surface area contributed by atoms with Crippen molar-refractivity contribution in [3.63, 3.8) is 0 Å². The van der Waals surface area contributed by atoms with E-state index in [9.17, 15) is 4.79 Å². The monoisotopic (exact) mass is 312 g/mol. The molecule has 0 atom stereocenters. The minimum Gasteiger partial charge on any atom is -0.379 e. The van der Waals surface area contributed by atoms with Gasteiger partial charge in [0.25, 0.3) is 5.91 Å². The Bertz CT molecular complexity index is 642. The minimum absolute atomic E-state index is 0.0853. The van der Waals surface area contributed by atoms with Crippen molar-refractivity contribution in [1.82, 2.24) is 20.2 Å². The Morgan fingerprint density at radius 1 is 1.13 bits per heavy atom. The summed E-state index contributed by atoms with van der Waals surface area (Å²) in [6.07, 6.45) is 3.35. The highest BCUT2D eigenvalue weighted by atomic mass is 16.5. The fourth-order valence-corrected chi connectivity index (χ4v) is 2.48. The lowest BCUT2D eigenvalue weighted by Crippen LogP contribution is -2.41. The van der Waals surface area contributed by atoms with Gasteiger partial charge in [0.05, 0.1) is 24.6 Å². The summed E-state index contributed by atoms with van der Waals surface area (Å²) in [5.41, 5.74) is 2.06. The molecule has 0 bridgehead atoms. The van der Waals surface area contributed by atoms with Crippen LogP contribution in [0.4, 0.5) is 0 Å². The van der Waals surface area contributed by atoms with Crippen molar-refractivity contribution in [3.05, 3.63) is 48.3 Å². The number of carbonyl (C=O) groups excluding carboxylic acids is 1. The normalized spacial score (nSPS) is 15.3. The first-order valence-electron chi connectivity index (χ1n) is 7.79. The van der Waals surface area contributed by atoms with Gasteiger partial charge in [0.15, 0.2) is 0 Å². The number of pyridine rings is 2. The van der Waals surface area contributed by atoms with Gasteiger partial charge < -0.3 is 10.1 Å². The van der Waals surface area contributed by atoms with Crippen LogP contribution < -0.4 is 5.32 Å². The number of hydrogen-bond donors (Lipinski definition) is 1. The van der Waals surface area contributed by atoms with Crippen LogP contribution in [0.5, 0.6) is 0 Å². The van der Waals surface area contributed by atoms with E-state index < -0.39 is 0 Å². The second kappa shape index (κ2) is 7.80. The molecule has 1 fully saturated rings. The summed E-state index contributed by atoms with van der Waals surface area (Å²) >= 11 is 0. The summed E-state index contributed by atoms with van der Waals surface area (Å²) in [4.78, 5) is 23.1. The van der Waals surface area contributed by atoms with Crippen molar-refractivity contribution >= 4 is 5.91 Å². The third kappa shape index (κ3) is 4.34. The highest BCUT2D eigenvalue weighted by molar-refractivity contribution is 5.94. The number of amides is 1. The van der Waals surface area contributed by atoms with E-state index >= 15 is 0 Å². The molecule has 0 spiro atoms. The molecule has 1 aliphatic rings. The first kappa shape index (κ1) is 15.6. The van der Waals surface area contributed by atoms with Crippen LogP contribution in [0, 0.1) is 0 Å². The topological polar surface area (TPSA) is 67.4 Å². The van der Waals surface area contributed by atoms with Gasteiger partial charge in [-0.1, -0.05) is 6.07 Å². The summed E-state index contributed by atoms with van der Waals surface area (Å²) in [5.74, 6) is -0.0853. The molecule has 3 heterocycles. The summed E-state index contributed by atoms with van der Waals surface area (Å²) < 4.78 is 5.31. The van der Waals surface area contributed by atoms with Gasteiger partial charge in [0, 0.05) is 44.1 Å². The van der Waals surface area contributed by atoms with E-state index in [2.05, 4.69) is 20.2 Å². The van der Waals surface area contributed by atoms with Crippen LogP contribution in [-0.4, -0.2) is 60.2 Å². The van der Waals surface area contributed by atoms with Gasteiger partial charge in [-0.2, -0.15) is 0 Å². The lowest BCUT2D eigenvalue weighted by molar-refractivity contribution is 0.0383. The third-order valence-corrected chi connectivity index (χ3v) is 3.77. The number of nitrogens with zero attached hydrogens (tertiary/aromatic N) is 3. The molecule has 1 amide bonds. The van der Waals surface area contributed by atoms with Gasteiger partial charge in [-0.05, 0) is 24.3 Å². The molecule has 120 valence electrons. The van der Waals surface area contributed by atoms with Crippen molar-refractivity contribution in [2.45, 2.75) is 0 Å². The van der Waals surface area contributed by atoms with Crippen molar-refractivity contribution in [3.8, 4) is 11.4 Å². The quantitative estimate of drug-likeness (QED) is 0.899. The number of hydrogen-bond acceptors (Lipinski definition) is 5. The average Bonchev–Trinajstić information content (AvgIpc) is 2.63. The Hall–Kier alpha value is -2.31. The maximum Gasteiger partial charge on any atom is 0.251 e. The van der Waals surface area contributed by atoms with Gasteiger partial charge in [-0.15, -0.1) is 0 Å². The summed E-state index contributed by atoms with van der Waals surface area (Å²) in [6.45, 7) is 4.86. The van der Waals surface area contributed by atoms with Crippen molar-refractivity contribution in [2.75, 3.05) is 39.4 Å². The van der Waals surface area contributed by atoms with Crippen LogP contribution in [-0.2, 0) is 4.74 Å². The van der Waals surface area contributed by atoms with Crippen LogP contribution in [0.25, 0.3) is 11.4 Å². The van der Waals surface area contributed by atoms with Crippen LogP contribution in [0.3, 0.4) is 0 Å². The maximum absolute atomic E-state index is 12.3. The minimum atomic E-state index is -0.0853. The zero-order valence-electron chi connectivity index (χ0n) is 12.9. The molecule has 23 heavy (non-hydrogen) atoms. The number of morpholine rings is 1. The molecule has 2 aromatic heterocycles. The molecule has 6 nitrogen and oxygen atoms in total. The second-order valence-corrected chi connectivity index (χ2v) is 5.35. The Morgan fingerprint density at radius 3 is 2.74 bits per heavy atom. The lowest BCUT2D eigenvalue weighted by Gasteiger charge is -2.26. The zero-order valence-corrected chi connectivity index (χ0v) is 12.9. The molecule has 0 unspecified atom stereocenters. The molecule has 1 aliphatic heterocycles. The number of nitrogens with one attached hydrogen (secondary N) is 1. The molecule has 0 aromatic carbocycles. The lowest BCUT2D eigenvalue weighted by atomic mass is 10.1. The predicted molar refractivity (Wildman–Crippen MR) is 87.1 cm³/mol. The van der Waals surface area contributed by atoms with E-state index in [0.717, 1.165) is 38.5 Å². The summed E-state index contributed by atoms with van der Waals surface area (Å²) in [5, 5.41) is 2.96. The predicted octanol–water partition coefficient (Wildman–Crippen LogP) is 1.21. The molecule has 3 rings (SSSR count). The highest BCUT2D eigenvalue weighted by Crippen LogP contribution is 2.14. The molecular weight excluding hydrogens is 292 g/mol. The largest absolute Gasteiger partial charge is 0.379 e. The molecule has 0 saturated carbocycles. The third-order valence-electron chi connectivity index (χ3n) is 3.77. The van der Waals surface area contributed by atoms with E-state index in [1.807, 2.05) is 18.2 Å². The zero-order chi connectivity index (χ0) is 15.9. The first-order valence-corrected chi connectivity index (χ1v) is 7.79. The van der Waals surface area contributed by atoms with E-state index in [0.29, 0.717) is 17.8 Å². The van der Waals surface area contributed by atoms with Gasteiger partial charge in [-0.25, -0.2) is 0 Å². The molecule has 1 saturated heterocycles. The maximum atomic E-state index is 12.3. The van der Waals surface area contributed by atoms with Crippen LogP contribution in [0.15, 0.2) is 42.7 Å².